The van der Waals surface area contributed by atoms with Gasteiger partial charge in [-0.3, -0.25) is 0 Å². The molecule has 2 aliphatic heterocycles. The van der Waals surface area contributed by atoms with Gasteiger partial charge in [0.2, 0.25) is 0 Å². The number of ether oxygens (including phenoxy) is 1. The van der Waals surface area contributed by atoms with Crippen molar-refractivity contribution in [1.82, 2.24) is 10.2 Å². The first-order chi connectivity index (χ1) is 9.79. The summed E-state index contributed by atoms with van der Waals surface area (Å²) in [7, 11) is 0. The van der Waals surface area contributed by atoms with E-state index in [1.165, 1.54) is 11.3 Å². The molecule has 0 aromatic carbocycles. The number of hydrogen-bond acceptors (Lipinski definition) is 3. The van der Waals surface area contributed by atoms with Crippen molar-refractivity contribution in [3.05, 3.63) is 22.4 Å². The third kappa shape index (κ3) is 2.44. The van der Waals surface area contributed by atoms with Crippen LogP contribution in [0, 0.1) is 0 Å². The van der Waals surface area contributed by atoms with Gasteiger partial charge in [0.25, 0.3) is 0 Å². The van der Waals surface area contributed by atoms with Crippen molar-refractivity contribution in [2.75, 3.05) is 0 Å². The fourth-order valence-electron chi connectivity index (χ4n) is 3.35. The van der Waals surface area contributed by atoms with Crippen molar-refractivity contribution in [3.8, 4) is 0 Å². The maximum atomic E-state index is 12.5. The monoisotopic (exact) mass is 292 g/mol. The summed E-state index contributed by atoms with van der Waals surface area (Å²) in [5.74, 6) is 0. The van der Waals surface area contributed by atoms with E-state index >= 15 is 0 Å². The average Bonchev–Trinajstić information content (AvgIpc) is 2.89. The lowest BCUT2D eigenvalue weighted by molar-refractivity contribution is 0.0968. The van der Waals surface area contributed by atoms with Crippen LogP contribution in [0.2, 0.25) is 0 Å². The molecule has 4 nitrogen and oxygen atoms in total. The fourth-order valence-corrected chi connectivity index (χ4v) is 4.06. The van der Waals surface area contributed by atoms with Crippen molar-refractivity contribution in [3.63, 3.8) is 0 Å². The van der Waals surface area contributed by atoms with Gasteiger partial charge in [0.1, 0.15) is 0 Å². The standard InChI is InChI=1S/C15H20N2O2S/c18-15(16-13-8-11-5-6-14(13)19-11)17(10-3-4-10)9-12-2-1-7-20-12/h1-2,7,10-11,13-14H,3-6,8-9H2,(H,16,18). The van der Waals surface area contributed by atoms with Gasteiger partial charge in [-0.25, -0.2) is 4.79 Å². The molecule has 108 valence electrons. The van der Waals surface area contributed by atoms with Crippen molar-refractivity contribution in [2.45, 2.75) is 62.9 Å². The maximum absolute atomic E-state index is 12.5. The van der Waals surface area contributed by atoms with Crippen LogP contribution in [0.25, 0.3) is 0 Å². The zero-order chi connectivity index (χ0) is 13.5. The lowest BCUT2D eigenvalue weighted by atomic mass is 9.96. The first-order valence-electron chi connectivity index (χ1n) is 7.54. The minimum Gasteiger partial charge on any atom is -0.373 e. The summed E-state index contributed by atoms with van der Waals surface area (Å²) in [4.78, 5) is 15.8. The molecule has 0 spiro atoms. The SMILES string of the molecule is O=C(NC1CC2CCC1O2)N(Cc1cccs1)C1CC1. The summed E-state index contributed by atoms with van der Waals surface area (Å²) in [6.07, 6.45) is 6.19. The van der Waals surface area contributed by atoms with Crippen LogP contribution in [-0.2, 0) is 11.3 Å². The summed E-state index contributed by atoms with van der Waals surface area (Å²) < 4.78 is 5.82. The van der Waals surface area contributed by atoms with Crippen LogP contribution in [0.4, 0.5) is 4.79 Å². The second-order valence-corrected chi connectivity index (χ2v) is 7.14. The Balaban J connectivity index is 1.40. The lowest BCUT2D eigenvalue weighted by Crippen LogP contribution is -2.48. The molecule has 1 saturated carbocycles. The predicted molar refractivity (Wildman–Crippen MR) is 77.7 cm³/mol. The minimum absolute atomic E-state index is 0.0991. The van der Waals surface area contributed by atoms with Crippen LogP contribution in [-0.4, -0.2) is 35.2 Å². The van der Waals surface area contributed by atoms with E-state index in [0.717, 1.165) is 32.2 Å². The molecular weight excluding hydrogens is 272 g/mol. The highest BCUT2D eigenvalue weighted by atomic mass is 32.1. The number of nitrogens with one attached hydrogen (secondary N) is 1. The molecule has 1 aromatic rings. The number of carbonyl (C=O) groups excluding carboxylic acids is 1. The Hall–Kier alpha value is -1.07. The number of urea groups is 1. The van der Waals surface area contributed by atoms with E-state index in [1.807, 2.05) is 11.0 Å². The van der Waals surface area contributed by atoms with Gasteiger partial charge in [-0.1, -0.05) is 6.07 Å². The van der Waals surface area contributed by atoms with Gasteiger partial charge in [-0.05, 0) is 43.6 Å². The Kier molecular flexibility index (Phi) is 3.19. The molecule has 3 heterocycles. The van der Waals surface area contributed by atoms with Gasteiger partial charge in [0.05, 0.1) is 24.8 Å². The molecule has 0 radical (unpaired) electrons. The predicted octanol–water partition coefficient (Wildman–Crippen LogP) is 2.74. The highest BCUT2D eigenvalue weighted by Crippen LogP contribution is 2.35. The number of carbonyl (C=O) groups is 1. The van der Waals surface area contributed by atoms with Crippen LogP contribution >= 0.6 is 11.3 Å². The number of nitrogens with zero attached hydrogens (tertiary/aromatic N) is 1. The molecule has 3 atom stereocenters. The molecule has 3 unspecified atom stereocenters. The molecule has 4 rings (SSSR count). The molecule has 1 aromatic heterocycles. The van der Waals surface area contributed by atoms with Crippen LogP contribution in [0.3, 0.4) is 0 Å². The van der Waals surface area contributed by atoms with Gasteiger partial charge in [-0.15, -0.1) is 11.3 Å². The molecule has 3 aliphatic rings. The zero-order valence-electron chi connectivity index (χ0n) is 11.5. The lowest BCUT2D eigenvalue weighted by Gasteiger charge is -2.27. The normalized spacial score (nSPS) is 31.5. The summed E-state index contributed by atoms with van der Waals surface area (Å²) in [5, 5.41) is 5.28. The van der Waals surface area contributed by atoms with Crippen LogP contribution in [0.5, 0.6) is 0 Å². The van der Waals surface area contributed by atoms with E-state index in [1.54, 1.807) is 11.3 Å². The summed E-state index contributed by atoms with van der Waals surface area (Å²) >= 11 is 1.72. The quantitative estimate of drug-likeness (QED) is 0.927. The molecule has 2 amide bonds. The minimum atomic E-state index is 0.0991. The third-order valence-corrected chi connectivity index (χ3v) is 5.43. The van der Waals surface area contributed by atoms with Gasteiger partial charge in [0.15, 0.2) is 0 Å². The Bertz CT molecular complexity index is 486. The fraction of sp³-hybridized carbons (Fsp3) is 0.667. The Morgan fingerprint density at radius 3 is 2.90 bits per heavy atom. The van der Waals surface area contributed by atoms with Crippen molar-refractivity contribution < 1.29 is 9.53 Å². The van der Waals surface area contributed by atoms with Gasteiger partial charge in [0, 0.05) is 10.9 Å². The number of rotatable bonds is 4. The average molecular weight is 292 g/mol. The molecule has 5 heteroatoms. The highest BCUT2D eigenvalue weighted by molar-refractivity contribution is 7.09. The molecule has 2 saturated heterocycles. The summed E-state index contributed by atoms with van der Waals surface area (Å²) in [5.41, 5.74) is 0. The highest BCUT2D eigenvalue weighted by Gasteiger charge is 2.43. The number of thiophene rings is 1. The molecule has 1 N–H and O–H groups in total. The first kappa shape index (κ1) is 12.7. The van der Waals surface area contributed by atoms with E-state index in [0.29, 0.717) is 12.1 Å². The second-order valence-electron chi connectivity index (χ2n) is 6.10. The molecular formula is C15H20N2O2S. The van der Waals surface area contributed by atoms with E-state index in [-0.39, 0.29) is 18.2 Å². The number of fused-ring (bicyclic) bond motifs is 2. The van der Waals surface area contributed by atoms with Crippen molar-refractivity contribution in [1.29, 1.82) is 0 Å². The van der Waals surface area contributed by atoms with E-state index < -0.39 is 0 Å². The topological polar surface area (TPSA) is 41.6 Å². The van der Waals surface area contributed by atoms with Crippen LogP contribution in [0.15, 0.2) is 17.5 Å². The first-order valence-corrected chi connectivity index (χ1v) is 8.42. The van der Waals surface area contributed by atoms with Crippen molar-refractivity contribution in [2.24, 2.45) is 0 Å². The van der Waals surface area contributed by atoms with E-state index in [2.05, 4.69) is 16.8 Å². The molecule has 2 bridgehead atoms. The Morgan fingerprint density at radius 2 is 2.30 bits per heavy atom. The molecule has 20 heavy (non-hydrogen) atoms. The number of amides is 2. The summed E-state index contributed by atoms with van der Waals surface area (Å²) in [6, 6.07) is 4.92. The van der Waals surface area contributed by atoms with Gasteiger partial charge < -0.3 is 15.0 Å². The summed E-state index contributed by atoms with van der Waals surface area (Å²) in [6.45, 7) is 0.746. The number of hydrogen-bond donors (Lipinski definition) is 1. The van der Waals surface area contributed by atoms with Gasteiger partial charge >= 0.3 is 6.03 Å². The maximum Gasteiger partial charge on any atom is 0.318 e. The zero-order valence-corrected chi connectivity index (χ0v) is 12.3. The van der Waals surface area contributed by atoms with Gasteiger partial charge in [-0.2, -0.15) is 0 Å². The van der Waals surface area contributed by atoms with Crippen LogP contribution < -0.4 is 5.32 Å². The Morgan fingerprint density at radius 1 is 1.40 bits per heavy atom. The third-order valence-electron chi connectivity index (χ3n) is 4.57. The van der Waals surface area contributed by atoms with E-state index in [9.17, 15) is 4.79 Å². The molecule has 1 aliphatic carbocycles. The Labute approximate surface area is 123 Å². The molecule has 3 fully saturated rings. The largest absolute Gasteiger partial charge is 0.373 e. The van der Waals surface area contributed by atoms with E-state index in [4.69, 9.17) is 4.74 Å². The van der Waals surface area contributed by atoms with Crippen LogP contribution in [0.1, 0.15) is 37.0 Å². The second kappa shape index (κ2) is 5.04. The smallest absolute Gasteiger partial charge is 0.318 e. The van der Waals surface area contributed by atoms with Crippen molar-refractivity contribution >= 4 is 17.4 Å².